The van der Waals surface area contributed by atoms with E-state index in [1.165, 1.54) is 202 Å². The zero-order valence-electron chi connectivity index (χ0n) is 34.0. The Morgan fingerprint density at radius 3 is 1.29 bits per heavy atom. The summed E-state index contributed by atoms with van der Waals surface area (Å²) >= 11 is 5.77. The molecule has 0 amide bonds. The number of ketones is 1. The fourth-order valence-electron chi connectivity index (χ4n) is 7.60. The van der Waals surface area contributed by atoms with Crippen molar-refractivity contribution in [3.63, 3.8) is 0 Å². The zero-order valence-corrected chi connectivity index (χ0v) is 34.8. The molecule has 0 N–H and O–H groups in total. The van der Waals surface area contributed by atoms with E-state index < -0.39 is 0 Å². The molecular weight excluding hydrogens is 637 g/mol. The van der Waals surface area contributed by atoms with Crippen LogP contribution in [0.25, 0.3) is 6.08 Å². The van der Waals surface area contributed by atoms with Gasteiger partial charge in [0, 0.05) is 16.9 Å². The van der Waals surface area contributed by atoms with Gasteiger partial charge in [-0.15, -0.1) is 0 Å². The molecule has 0 saturated heterocycles. The Hall–Kier alpha value is -1.80. The molecule has 0 atom stereocenters. The van der Waals surface area contributed by atoms with Gasteiger partial charge in [-0.05, 0) is 67.4 Å². The number of benzene rings is 1. The molecule has 0 saturated carbocycles. The second-order valence-corrected chi connectivity index (χ2v) is 16.3. The van der Waals surface area contributed by atoms with Crippen molar-refractivity contribution in [2.45, 2.75) is 226 Å². The lowest BCUT2D eigenvalue weighted by Gasteiger charge is -2.13. The van der Waals surface area contributed by atoms with Gasteiger partial charge in [-0.25, -0.2) is 0 Å². The maximum Gasteiger partial charge on any atom is 0.168 e. The van der Waals surface area contributed by atoms with Gasteiger partial charge in [0.05, 0.1) is 0 Å². The molecule has 0 radical (unpaired) electrons. The first-order chi connectivity index (χ1) is 25.1. The van der Waals surface area contributed by atoms with Crippen molar-refractivity contribution in [1.82, 2.24) is 0 Å². The van der Waals surface area contributed by atoms with E-state index in [2.05, 4.69) is 51.1 Å². The molecule has 0 fully saturated rings. The number of aryl methyl sites for hydroxylation is 2. The van der Waals surface area contributed by atoms with Crippen molar-refractivity contribution in [1.29, 1.82) is 0 Å². The Balaban J connectivity index is 1.61. The van der Waals surface area contributed by atoms with Crippen LogP contribution >= 0.6 is 12.2 Å². The topological polar surface area (TPSA) is 17.1 Å². The van der Waals surface area contributed by atoms with E-state index in [1.54, 1.807) is 0 Å². The third-order valence-electron chi connectivity index (χ3n) is 10.9. The number of carbonyl (C=O) groups excluding carboxylic acids is 1. The van der Waals surface area contributed by atoms with Crippen molar-refractivity contribution in [3.8, 4) is 0 Å². The van der Waals surface area contributed by atoms with E-state index in [0.29, 0.717) is 16.9 Å². The summed E-state index contributed by atoms with van der Waals surface area (Å²) in [6.07, 6.45) is 50.6. The lowest BCUT2D eigenvalue weighted by Crippen LogP contribution is -2.13. The highest BCUT2D eigenvalue weighted by Crippen LogP contribution is 2.24. The lowest BCUT2D eigenvalue weighted by atomic mass is 9.91. The monoisotopic (exact) mass is 717 g/mol. The quantitative estimate of drug-likeness (QED) is 0.0401. The van der Waals surface area contributed by atoms with Gasteiger partial charge in [0.1, 0.15) is 0 Å². The minimum atomic E-state index is 0.191. The van der Waals surface area contributed by atoms with E-state index in [9.17, 15) is 4.79 Å². The number of carbonyl (C=O) groups is 1. The van der Waals surface area contributed by atoms with Crippen LogP contribution in [0.2, 0.25) is 0 Å². The first-order valence-corrected chi connectivity index (χ1v) is 22.8. The minimum Gasteiger partial charge on any atom is -0.294 e. The van der Waals surface area contributed by atoms with Crippen molar-refractivity contribution < 1.29 is 4.79 Å². The Labute approximate surface area is 323 Å². The number of unbranched alkanes of at least 4 members (excludes halogenated alkanes) is 25. The molecular formula is C49H80OS. The fraction of sp³-hybridized carbons (Fsp3) is 0.714. The molecule has 0 aliphatic heterocycles. The van der Waals surface area contributed by atoms with Gasteiger partial charge >= 0.3 is 0 Å². The molecule has 1 nitrogen and oxygen atoms in total. The lowest BCUT2D eigenvalue weighted by molar-refractivity contribution is -0.114. The highest BCUT2D eigenvalue weighted by Gasteiger charge is 2.18. The van der Waals surface area contributed by atoms with Gasteiger partial charge < -0.3 is 0 Å². The zero-order chi connectivity index (χ0) is 36.6. The predicted molar refractivity (Wildman–Crippen MR) is 232 cm³/mol. The van der Waals surface area contributed by atoms with Crippen molar-refractivity contribution >= 4 is 28.9 Å². The normalized spacial score (nSPS) is 13.3. The van der Waals surface area contributed by atoms with Crippen LogP contribution < -0.4 is 0 Å². The second-order valence-electron chi connectivity index (χ2n) is 15.9. The smallest absolute Gasteiger partial charge is 0.168 e. The van der Waals surface area contributed by atoms with Crippen LogP contribution in [0.3, 0.4) is 0 Å². The van der Waals surface area contributed by atoms with Gasteiger partial charge in [0.2, 0.25) is 0 Å². The highest BCUT2D eigenvalue weighted by atomic mass is 32.1. The number of thiocarbonyl (C=S) groups is 1. The Morgan fingerprint density at radius 2 is 0.882 bits per heavy atom. The summed E-state index contributed by atoms with van der Waals surface area (Å²) in [6.45, 7) is 6.85. The van der Waals surface area contributed by atoms with Crippen LogP contribution in [0, 0.1) is 0 Å². The molecule has 0 heterocycles. The molecule has 1 aliphatic carbocycles. The minimum absolute atomic E-state index is 0.191. The Kier molecular flexibility index (Phi) is 28.2. The molecule has 0 unspecified atom stereocenters. The number of Topliss-reactive ketones (excluding diaryl/α,β-unsaturated/α-hetero) is 1. The van der Waals surface area contributed by atoms with Crippen LogP contribution in [-0.2, 0) is 17.6 Å². The maximum absolute atomic E-state index is 13.1. The summed E-state index contributed by atoms with van der Waals surface area (Å²) in [7, 11) is 0. The van der Waals surface area contributed by atoms with E-state index in [1.807, 2.05) is 12.2 Å². The number of allylic oxidation sites excluding steroid dienone is 5. The molecule has 288 valence electrons. The standard InChI is InChI=1S/C49H80OS/c1-4-7-10-13-14-15-16-17-18-19-20-21-22-23-24-25-26-27-28-31-32-43-35-37-47(48(50)42-43)49(51)38-36-46-40-44(33-29-11-8-5-2)39-45(41-46)34-30-12-9-6-3/h35-41H,4-34,42H2,1-3H3. The SMILES string of the molecule is CCCCCCCCCCCCCCCCCCCCCCC1=CC=C(C(=S)C=Cc2cc(CCCCCC)cc(CCCCCC)c2)C(=O)C1. The molecule has 0 spiro atoms. The third kappa shape index (κ3) is 23.5. The summed E-state index contributed by atoms with van der Waals surface area (Å²) in [5, 5.41) is 0. The van der Waals surface area contributed by atoms with Crippen LogP contribution in [0.5, 0.6) is 0 Å². The third-order valence-corrected chi connectivity index (χ3v) is 11.3. The van der Waals surface area contributed by atoms with Crippen molar-refractivity contribution in [2.75, 3.05) is 0 Å². The Morgan fingerprint density at radius 1 is 0.510 bits per heavy atom. The van der Waals surface area contributed by atoms with Crippen LogP contribution in [0.4, 0.5) is 0 Å². The predicted octanol–water partition coefficient (Wildman–Crippen LogP) is 16.4. The summed E-state index contributed by atoms with van der Waals surface area (Å²) in [5.74, 6) is 0.191. The van der Waals surface area contributed by atoms with Gasteiger partial charge in [-0.1, -0.05) is 229 Å². The van der Waals surface area contributed by atoms with Crippen LogP contribution in [0.15, 0.2) is 47.6 Å². The molecule has 0 aromatic heterocycles. The van der Waals surface area contributed by atoms with Gasteiger partial charge in [-0.2, -0.15) is 0 Å². The molecule has 2 rings (SSSR count). The fourth-order valence-corrected chi connectivity index (χ4v) is 7.85. The summed E-state index contributed by atoms with van der Waals surface area (Å²) < 4.78 is 0. The van der Waals surface area contributed by atoms with Crippen LogP contribution in [0.1, 0.15) is 230 Å². The summed E-state index contributed by atoms with van der Waals surface area (Å²) in [4.78, 5) is 13.8. The number of rotatable bonds is 34. The van der Waals surface area contributed by atoms with Gasteiger partial charge in [-0.3, -0.25) is 4.79 Å². The van der Waals surface area contributed by atoms with Crippen molar-refractivity contribution in [2.24, 2.45) is 0 Å². The van der Waals surface area contributed by atoms with E-state index in [-0.39, 0.29) is 5.78 Å². The van der Waals surface area contributed by atoms with E-state index >= 15 is 0 Å². The van der Waals surface area contributed by atoms with Crippen LogP contribution in [-0.4, -0.2) is 10.6 Å². The molecule has 51 heavy (non-hydrogen) atoms. The van der Waals surface area contributed by atoms with Gasteiger partial charge in [0.25, 0.3) is 0 Å². The van der Waals surface area contributed by atoms with Crippen molar-refractivity contribution in [3.05, 3.63) is 64.3 Å². The molecule has 1 aromatic carbocycles. The molecule has 1 aliphatic rings. The average Bonchev–Trinajstić information content (AvgIpc) is 3.13. The first-order valence-electron chi connectivity index (χ1n) is 22.4. The molecule has 2 heteroatoms. The summed E-state index contributed by atoms with van der Waals surface area (Å²) in [5.41, 5.74) is 6.09. The average molecular weight is 717 g/mol. The van der Waals surface area contributed by atoms with E-state index in [0.717, 1.165) is 19.3 Å². The second kappa shape index (κ2) is 31.7. The number of hydrogen-bond acceptors (Lipinski definition) is 2. The maximum atomic E-state index is 13.1. The van der Waals surface area contributed by atoms with Gasteiger partial charge in [0.15, 0.2) is 5.78 Å². The molecule has 0 bridgehead atoms. The molecule has 1 aromatic rings. The highest BCUT2D eigenvalue weighted by molar-refractivity contribution is 7.81. The van der Waals surface area contributed by atoms with E-state index in [4.69, 9.17) is 12.2 Å². The number of hydrogen-bond donors (Lipinski definition) is 0. The first kappa shape index (κ1) is 45.4. The largest absolute Gasteiger partial charge is 0.294 e. The summed E-state index contributed by atoms with van der Waals surface area (Å²) in [6, 6.07) is 7.08. The Bertz CT molecular complexity index is 1110.